The first-order valence-electron chi connectivity index (χ1n) is 11.6. The molecule has 156 valence electrons. The van der Waals surface area contributed by atoms with Crippen LogP contribution in [0.5, 0.6) is 0 Å². The van der Waals surface area contributed by atoms with Crippen molar-refractivity contribution in [1.29, 1.82) is 0 Å². The van der Waals surface area contributed by atoms with Crippen LogP contribution < -0.4 is 0 Å². The Morgan fingerprint density at radius 2 is 1.39 bits per heavy atom. The van der Waals surface area contributed by atoms with Crippen molar-refractivity contribution in [3.8, 4) is 0 Å². The average Bonchev–Trinajstić information content (AvgIpc) is 2.73. The van der Waals surface area contributed by atoms with Crippen LogP contribution in [0.4, 0.5) is 13.2 Å². The molecule has 0 radical (unpaired) electrons. The van der Waals surface area contributed by atoms with Gasteiger partial charge in [-0.2, -0.15) is 0 Å². The molecule has 3 heteroatoms. The Bertz CT molecular complexity index is 638. The molecule has 0 nitrogen and oxygen atoms in total. The van der Waals surface area contributed by atoms with Crippen molar-refractivity contribution >= 4 is 0 Å². The average molecular weight is 393 g/mol. The lowest BCUT2D eigenvalue weighted by Gasteiger charge is -2.40. The van der Waals surface area contributed by atoms with Crippen LogP contribution in [0.3, 0.4) is 0 Å². The van der Waals surface area contributed by atoms with Gasteiger partial charge in [-0.15, -0.1) is 0 Å². The largest absolute Gasteiger partial charge is 0.212 e. The molecular formula is C25H35F3. The van der Waals surface area contributed by atoms with E-state index in [-0.39, 0.29) is 35.4 Å². The lowest BCUT2D eigenvalue weighted by Crippen LogP contribution is -2.30. The standard InChI is InChI=1S/C25H35F3/c1-16-7-8-20(15-23(16)26)17-9-11-19(12-10-17)22-14-13-21(24(27)25(22)28)18-5-3-2-4-6-18/h3,5,15-22H,2,4,6-14H2,1H3/t16-,17?,18+,19?,20+,21-,22+/m0/s1. The smallest absolute Gasteiger partial charge is 0.135 e. The van der Waals surface area contributed by atoms with Crippen LogP contribution in [0.1, 0.15) is 77.6 Å². The van der Waals surface area contributed by atoms with E-state index < -0.39 is 11.7 Å². The molecule has 1 saturated carbocycles. The Balaban J connectivity index is 1.36. The second-order valence-electron chi connectivity index (χ2n) is 9.88. The Morgan fingerprint density at radius 3 is 2.07 bits per heavy atom. The van der Waals surface area contributed by atoms with E-state index in [0.717, 1.165) is 70.6 Å². The first kappa shape index (κ1) is 20.3. The van der Waals surface area contributed by atoms with Gasteiger partial charge in [0, 0.05) is 17.8 Å². The summed E-state index contributed by atoms with van der Waals surface area (Å²) in [5, 5.41) is 0. The summed E-state index contributed by atoms with van der Waals surface area (Å²) in [5.41, 5.74) is 0. The van der Waals surface area contributed by atoms with Crippen molar-refractivity contribution in [2.45, 2.75) is 77.6 Å². The molecular weight excluding hydrogens is 357 g/mol. The van der Waals surface area contributed by atoms with Crippen molar-refractivity contribution in [2.75, 3.05) is 0 Å². The number of halogens is 3. The van der Waals surface area contributed by atoms with Crippen molar-refractivity contribution < 1.29 is 13.2 Å². The van der Waals surface area contributed by atoms with Gasteiger partial charge in [0.15, 0.2) is 0 Å². The third-order valence-corrected chi connectivity index (χ3v) is 8.24. The summed E-state index contributed by atoms with van der Waals surface area (Å²) in [6, 6.07) is 0. The number of allylic oxidation sites excluding steroid dienone is 6. The Kier molecular flexibility index (Phi) is 6.37. The van der Waals surface area contributed by atoms with Gasteiger partial charge in [-0.3, -0.25) is 0 Å². The summed E-state index contributed by atoms with van der Waals surface area (Å²) in [5.74, 6) is 0.127. The van der Waals surface area contributed by atoms with Crippen LogP contribution in [-0.4, -0.2) is 0 Å². The maximum atomic E-state index is 15.0. The molecule has 4 rings (SSSR count). The monoisotopic (exact) mass is 392 g/mol. The van der Waals surface area contributed by atoms with Gasteiger partial charge in [0.2, 0.25) is 0 Å². The Labute approximate surface area is 168 Å². The van der Waals surface area contributed by atoms with Crippen LogP contribution in [0.2, 0.25) is 0 Å². The van der Waals surface area contributed by atoms with Crippen molar-refractivity contribution in [3.63, 3.8) is 0 Å². The molecule has 0 amide bonds. The van der Waals surface area contributed by atoms with E-state index in [1.807, 2.05) is 13.0 Å². The van der Waals surface area contributed by atoms with Crippen LogP contribution in [-0.2, 0) is 0 Å². The maximum Gasteiger partial charge on any atom is 0.135 e. The molecule has 0 bridgehead atoms. The zero-order valence-electron chi connectivity index (χ0n) is 17.2. The quantitative estimate of drug-likeness (QED) is 0.424. The van der Waals surface area contributed by atoms with Gasteiger partial charge < -0.3 is 0 Å². The highest BCUT2D eigenvalue weighted by Crippen LogP contribution is 2.49. The summed E-state index contributed by atoms with van der Waals surface area (Å²) in [4.78, 5) is 0. The van der Waals surface area contributed by atoms with Crippen molar-refractivity contribution in [2.24, 2.45) is 41.4 Å². The predicted molar refractivity (Wildman–Crippen MR) is 108 cm³/mol. The molecule has 0 unspecified atom stereocenters. The minimum absolute atomic E-state index is 0.0597. The molecule has 0 aromatic heterocycles. The van der Waals surface area contributed by atoms with Crippen LogP contribution >= 0.6 is 0 Å². The third-order valence-electron chi connectivity index (χ3n) is 8.24. The highest BCUT2D eigenvalue weighted by molar-refractivity contribution is 5.17. The maximum absolute atomic E-state index is 15.0. The van der Waals surface area contributed by atoms with Gasteiger partial charge >= 0.3 is 0 Å². The van der Waals surface area contributed by atoms with E-state index >= 15 is 0 Å². The molecule has 0 saturated heterocycles. The molecule has 0 aliphatic heterocycles. The second-order valence-corrected chi connectivity index (χ2v) is 9.88. The first-order chi connectivity index (χ1) is 13.5. The molecule has 5 atom stereocenters. The van der Waals surface area contributed by atoms with Gasteiger partial charge in [-0.1, -0.05) is 19.1 Å². The zero-order valence-corrected chi connectivity index (χ0v) is 17.2. The van der Waals surface area contributed by atoms with Gasteiger partial charge in [0.1, 0.15) is 11.7 Å². The Morgan fingerprint density at radius 1 is 0.714 bits per heavy atom. The predicted octanol–water partition coefficient (Wildman–Crippen LogP) is 8.23. The highest BCUT2D eigenvalue weighted by Gasteiger charge is 2.40. The second kappa shape index (κ2) is 8.79. The number of hydrogen-bond donors (Lipinski definition) is 0. The van der Waals surface area contributed by atoms with Crippen LogP contribution in [0.15, 0.2) is 35.7 Å². The van der Waals surface area contributed by atoms with E-state index in [2.05, 4.69) is 12.2 Å². The van der Waals surface area contributed by atoms with Gasteiger partial charge in [0.05, 0.1) is 5.83 Å². The lowest BCUT2D eigenvalue weighted by atomic mass is 9.66. The SMILES string of the molecule is C[C@H]1CC[C@@H](C2CCC([C@H]3CC[C@@H]([C@@H]4C=CCCC4)C(F)=C3F)CC2)C=C1F. The minimum Gasteiger partial charge on any atom is -0.212 e. The fourth-order valence-corrected chi connectivity index (χ4v) is 6.37. The minimum atomic E-state index is -0.443. The van der Waals surface area contributed by atoms with E-state index in [4.69, 9.17) is 0 Å². The fraction of sp³-hybridized carbons (Fsp3) is 0.760. The molecule has 28 heavy (non-hydrogen) atoms. The van der Waals surface area contributed by atoms with Crippen LogP contribution in [0, 0.1) is 41.4 Å². The van der Waals surface area contributed by atoms with Crippen molar-refractivity contribution in [3.05, 3.63) is 35.7 Å². The number of hydrogen-bond acceptors (Lipinski definition) is 0. The summed E-state index contributed by atoms with van der Waals surface area (Å²) in [6.45, 7) is 1.96. The first-order valence-corrected chi connectivity index (χ1v) is 11.6. The van der Waals surface area contributed by atoms with Gasteiger partial charge in [-0.25, -0.2) is 13.2 Å². The van der Waals surface area contributed by atoms with Crippen LogP contribution in [0.25, 0.3) is 0 Å². The van der Waals surface area contributed by atoms with Gasteiger partial charge in [-0.05, 0) is 100 Å². The molecule has 1 fully saturated rings. The topological polar surface area (TPSA) is 0 Å². The molecule has 0 aromatic rings. The van der Waals surface area contributed by atoms with E-state index in [1.165, 1.54) is 0 Å². The molecule has 4 aliphatic carbocycles. The van der Waals surface area contributed by atoms with E-state index in [9.17, 15) is 13.2 Å². The summed E-state index contributed by atoms with van der Waals surface area (Å²) in [6.07, 6.45) is 16.9. The van der Waals surface area contributed by atoms with E-state index in [1.54, 1.807) is 0 Å². The molecule has 0 heterocycles. The molecule has 0 spiro atoms. The van der Waals surface area contributed by atoms with E-state index in [0.29, 0.717) is 11.8 Å². The summed E-state index contributed by atoms with van der Waals surface area (Å²) < 4.78 is 43.9. The summed E-state index contributed by atoms with van der Waals surface area (Å²) in [7, 11) is 0. The molecule has 0 aromatic carbocycles. The summed E-state index contributed by atoms with van der Waals surface area (Å²) >= 11 is 0. The zero-order chi connectivity index (χ0) is 19.7. The fourth-order valence-electron chi connectivity index (χ4n) is 6.37. The normalized spacial score (nSPS) is 42.4. The van der Waals surface area contributed by atoms with Gasteiger partial charge in [0.25, 0.3) is 0 Å². The molecule has 4 aliphatic rings. The third kappa shape index (κ3) is 4.14. The Hall–Kier alpha value is -0.990. The lowest BCUT2D eigenvalue weighted by molar-refractivity contribution is 0.139. The number of rotatable bonds is 3. The van der Waals surface area contributed by atoms with Crippen molar-refractivity contribution in [1.82, 2.24) is 0 Å². The molecule has 0 N–H and O–H groups in total. The highest BCUT2D eigenvalue weighted by atomic mass is 19.2.